The van der Waals surface area contributed by atoms with Crippen LogP contribution in [0.5, 0.6) is 0 Å². The summed E-state index contributed by atoms with van der Waals surface area (Å²) in [6.07, 6.45) is 5.96. The van der Waals surface area contributed by atoms with Crippen LogP contribution in [0, 0.1) is 0 Å². The van der Waals surface area contributed by atoms with E-state index in [9.17, 15) is 4.79 Å². The second-order valence-electron chi connectivity index (χ2n) is 3.42. The number of rotatable bonds is 0. The van der Waals surface area contributed by atoms with Crippen LogP contribution in [0.15, 0.2) is 0 Å². The first-order chi connectivity index (χ1) is 4.83. The summed E-state index contributed by atoms with van der Waals surface area (Å²) < 4.78 is 0. The predicted octanol–water partition coefficient (Wildman–Crippen LogP) is 0.862. The maximum Gasteiger partial charge on any atom is 0.166 e. The summed E-state index contributed by atoms with van der Waals surface area (Å²) >= 11 is 0. The fourth-order valence-electron chi connectivity index (χ4n) is 2.02. The highest BCUT2D eigenvalue weighted by atomic mass is 16.1. The van der Waals surface area contributed by atoms with Gasteiger partial charge in [0.15, 0.2) is 5.78 Å². The molecule has 2 heteroatoms. The summed E-state index contributed by atoms with van der Waals surface area (Å²) in [6, 6.07) is 0. The molecule has 0 radical (unpaired) electrons. The highest BCUT2D eigenvalue weighted by Gasteiger charge is 2.45. The van der Waals surface area contributed by atoms with Crippen molar-refractivity contribution in [2.24, 2.45) is 0 Å². The van der Waals surface area contributed by atoms with E-state index in [1.165, 1.54) is 19.3 Å². The number of hydrogen-bond donors (Lipinski definition) is 1. The number of Topliss-reactive ketones (excluding diaryl/α,β-unsaturated/α-hetero) is 1. The van der Waals surface area contributed by atoms with E-state index < -0.39 is 0 Å². The van der Waals surface area contributed by atoms with Crippen LogP contribution < -0.4 is 5.32 Å². The van der Waals surface area contributed by atoms with Crippen molar-refractivity contribution >= 4 is 5.78 Å². The second-order valence-corrected chi connectivity index (χ2v) is 3.42. The minimum absolute atomic E-state index is 0.0295. The van der Waals surface area contributed by atoms with Crippen LogP contribution in [0.2, 0.25) is 0 Å². The molecule has 0 atom stereocenters. The lowest BCUT2D eigenvalue weighted by Gasteiger charge is -2.44. The summed E-state index contributed by atoms with van der Waals surface area (Å²) in [6.45, 7) is 0.625. The lowest BCUT2D eigenvalue weighted by atomic mass is 9.74. The van der Waals surface area contributed by atoms with Gasteiger partial charge < -0.3 is 0 Å². The van der Waals surface area contributed by atoms with Gasteiger partial charge in [0, 0.05) is 0 Å². The molecule has 2 fully saturated rings. The van der Waals surface area contributed by atoms with Crippen molar-refractivity contribution in [3.63, 3.8) is 0 Å². The molecular formula is C8H13NO. The zero-order valence-corrected chi connectivity index (χ0v) is 6.15. The molecule has 2 aliphatic rings. The summed E-state index contributed by atoms with van der Waals surface area (Å²) in [5.74, 6) is 0.451. The van der Waals surface area contributed by atoms with Crippen molar-refractivity contribution in [3.05, 3.63) is 0 Å². The predicted molar refractivity (Wildman–Crippen MR) is 38.8 cm³/mol. The van der Waals surface area contributed by atoms with E-state index in [0.717, 1.165) is 12.8 Å². The first-order valence-electron chi connectivity index (χ1n) is 4.12. The van der Waals surface area contributed by atoms with Crippen molar-refractivity contribution < 1.29 is 4.79 Å². The monoisotopic (exact) mass is 139 g/mol. The first-order valence-corrected chi connectivity index (χ1v) is 4.12. The standard InChI is InChI=1S/C8H13NO/c10-7-6-9-8(7)4-2-1-3-5-8/h9H,1-6H2. The number of nitrogens with one attached hydrogen (secondary N) is 1. The number of ketones is 1. The van der Waals surface area contributed by atoms with Gasteiger partial charge in [0.25, 0.3) is 0 Å². The number of hydrogen-bond acceptors (Lipinski definition) is 2. The van der Waals surface area contributed by atoms with Gasteiger partial charge >= 0.3 is 0 Å². The Bertz CT molecular complexity index is 159. The first kappa shape index (κ1) is 6.35. The lowest BCUT2D eigenvalue weighted by molar-refractivity contribution is -0.133. The van der Waals surface area contributed by atoms with Gasteiger partial charge in [-0.3, -0.25) is 10.1 Å². The Kier molecular flexibility index (Phi) is 1.31. The zero-order valence-electron chi connectivity index (χ0n) is 6.15. The molecule has 10 heavy (non-hydrogen) atoms. The van der Waals surface area contributed by atoms with E-state index in [4.69, 9.17) is 0 Å². The van der Waals surface area contributed by atoms with Crippen LogP contribution in [0.4, 0.5) is 0 Å². The van der Waals surface area contributed by atoms with Gasteiger partial charge in [-0.15, -0.1) is 0 Å². The second kappa shape index (κ2) is 2.06. The Labute approximate surface area is 61.0 Å². The van der Waals surface area contributed by atoms with Gasteiger partial charge in [-0.05, 0) is 12.8 Å². The molecule has 1 saturated heterocycles. The fraction of sp³-hybridized carbons (Fsp3) is 0.875. The van der Waals surface area contributed by atoms with Gasteiger partial charge in [0.1, 0.15) is 0 Å². The number of carbonyl (C=O) groups excluding carboxylic acids is 1. The van der Waals surface area contributed by atoms with Crippen LogP contribution >= 0.6 is 0 Å². The molecule has 1 spiro atoms. The average Bonchev–Trinajstić information content (AvgIpc) is 2.04. The zero-order chi connectivity index (χ0) is 7.03. The van der Waals surface area contributed by atoms with Gasteiger partial charge in [-0.25, -0.2) is 0 Å². The van der Waals surface area contributed by atoms with Crippen LogP contribution in [-0.4, -0.2) is 17.9 Å². The van der Waals surface area contributed by atoms with Gasteiger partial charge in [-0.2, -0.15) is 0 Å². The summed E-state index contributed by atoms with van der Waals surface area (Å²) in [5, 5.41) is 3.26. The van der Waals surface area contributed by atoms with Crippen LogP contribution in [0.3, 0.4) is 0 Å². The van der Waals surface area contributed by atoms with E-state index >= 15 is 0 Å². The number of carbonyl (C=O) groups is 1. The molecule has 0 aromatic heterocycles. The van der Waals surface area contributed by atoms with Crippen molar-refractivity contribution in [3.8, 4) is 0 Å². The molecule has 0 aromatic rings. The highest BCUT2D eigenvalue weighted by Crippen LogP contribution is 2.32. The minimum Gasteiger partial charge on any atom is -0.298 e. The highest BCUT2D eigenvalue weighted by molar-refractivity contribution is 5.95. The molecule has 1 N–H and O–H groups in total. The van der Waals surface area contributed by atoms with Crippen molar-refractivity contribution in [2.75, 3.05) is 6.54 Å². The smallest absolute Gasteiger partial charge is 0.166 e. The quantitative estimate of drug-likeness (QED) is 0.539. The van der Waals surface area contributed by atoms with Gasteiger partial charge in [-0.1, -0.05) is 19.3 Å². The third-order valence-corrected chi connectivity index (χ3v) is 2.83. The summed E-state index contributed by atoms with van der Waals surface area (Å²) in [4.78, 5) is 11.1. The maximum atomic E-state index is 11.1. The van der Waals surface area contributed by atoms with E-state index in [1.54, 1.807) is 0 Å². The third kappa shape index (κ3) is 0.717. The van der Waals surface area contributed by atoms with Gasteiger partial charge in [0.05, 0.1) is 12.1 Å². The Hall–Kier alpha value is -0.370. The minimum atomic E-state index is -0.0295. The maximum absolute atomic E-state index is 11.1. The lowest BCUT2D eigenvalue weighted by Crippen LogP contribution is -2.66. The topological polar surface area (TPSA) is 29.1 Å². The normalized spacial score (nSPS) is 30.2. The Morgan fingerprint density at radius 2 is 1.90 bits per heavy atom. The fourth-order valence-corrected chi connectivity index (χ4v) is 2.02. The van der Waals surface area contributed by atoms with E-state index in [-0.39, 0.29) is 5.54 Å². The van der Waals surface area contributed by atoms with Crippen molar-refractivity contribution in [1.29, 1.82) is 0 Å². The van der Waals surface area contributed by atoms with E-state index in [0.29, 0.717) is 12.3 Å². The third-order valence-electron chi connectivity index (χ3n) is 2.83. The SMILES string of the molecule is O=C1CNC12CCCCC2. The summed E-state index contributed by atoms with van der Waals surface area (Å²) in [7, 11) is 0. The van der Waals surface area contributed by atoms with Crippen molar-refractivity contribution in [2.45, 2.75) is 37.6 Å². The van der Waals surface area contributed by atoms with Gasteiger partial charge in [0.2, 0.25) is 0 Å². The molecule has 1 heterocycles. The molecule has 0 amide bonds. The Balaban J connectivity index is 2.06. The Morgan fingerprint density at radius 3 is 2.20 bits per heavy atom. The van der Waals surface area contributed by atoms with Crippen molar-refractivity contribution in [1.82, 2.24) is 5.32 Å². The molecule has 0 unspecified atom stereocenters. The largest absolute Gasteiger partial charge is 0.298 e. The van der Waals surface area contributed by atoms with E-state index in [2.05, 4.69) is 5.32 Å². The molecule has 56 valence electrons. The molecular weight excluding hydrogens is 126 g/mol. The Morgan fingerprint density at radius 1 is 1.20 bits per heavy atom. The molecule has 2 nitrogen and oxygen atoms in total. The molecule has 1 aliphatic heterocycles. The van der Waals surface area contributed by atoms with Crippen LogP contribution in [0.25, 0.3) is 0 Å². The molecule has 2 rings (SSSR count). The molecule has 0 aromatic carbocycles. The van der Waals surface area contributed by atoms with E-state index in [1.807, 2.05) is 0 Å². The average molecular weight is 139 g/mol. The molecule has 0 bridgehead atoms. The van der Waals surface area contributed by atoms with Crippen LogP contribution in [-0.2, 0) is 4.79 Å². The molecule has 1 aliphatic carbocycles. The molecule has 1 saturated carbocycles. The van der Waals surface area contributed by atoms with Crippen LogP contribution in [0.1, 0.15) is 32.1 Å². The summed E-state index contributed by atoms with van der Waals surface area (Å²) in [5.41, 5.74) is -0.0295.